The molecule has 0 aliphatic carbocycles. The summed E-state index contributed by atoms with van der Waals surface area (Å²) in [5, 5.41) is 12.7. The van der Waals surface area contributed by atoms with Gasteiger partial charge in [-0.2, -0.15) is 0 Å². The summed E-state index contributed by atoms with van der Waals surface area (Å²) in [6.07, 6.45) is 0. The first-order valence-corrected chi connectivity index (χ1v) is 5.79. The molecule has 2 aromatic carbocycles. The summed E-state index contributed by atoms with van der Waals surface area (Å²) < 4.78 is 5.39. The Morgan fingerprint density at radius 2 is 1.39 bits per heavy atom. The second-order valence-electron chi connectivity index (χ2n) is 3.27. The quantitative estimate of drug-likeness (QED) is 0.783. The molecular weight excluding hydrogens is 322 g/mol. The third-order valence-electron chi connectivity index (χ3n) is 2.02. The van der Waals surface area contributed by atoms with E-state index in [1.54, 1.807) is 24.3 Å². The SMILES string of the molecule is [K+].[O-]c1cc(Cl)ccc1Oc1ccc(Cl)cc1Cl. The van der Waals surface area contributed by atoms with Crippen LogP contribution < -0.4 is 61.2 Å². The van der Waals surface area contributed by atoms with Gasteiger partial charge in [-0.15, -0.1) is 0 Å². The second kappa shape index (κ2) is 7.36. The van der Waals surface area contributed by atoms with Crippen LogP contribution in [0.15, 0.2) is 36.4 Å². The van der Waals surface area contributed by atoms with Crippen LogP contribution in [-0.2, 0) is 0 Å². The molecule has 0 saturated heterocycles. The first kappa shape index (κ1) is 16.6. The summed E-state index contributed by atoms with van der Waals surface area (Å²) in [7, 11) is 0. The molecule has 0 N–H and O–H groups in total. The minimum Gasteiger partial charge on any atom is -0.870 e. The largest absolute Gasteiger partial charge is 1.00 e. The minimum absolute atomic E-state index is 0. The maximum Gasteiger partial charge on any atom is 1.00 e. The maximum absolute atomic E-state index is 11.5. The fourth-order valence-electron chi connectivity index (χ4n) is 1.24. The number of ether oxygens (including phenoxy) is 1. The molecule has 0 atom stereocenters. The molecule has 88 valence electrons. The van der Waals surface area contributed by atoms with E-state index < -0.39 is 0 Å². The van der Waals surface area contributed by atoms with E-state index in [9.17, 15) is 5.11 Å². The van der Waals surface area contributed by atoms with Gasteiger partial charge >= 0.3 is 51.4 Å². The smallest absolute Gasteiger partial charge is 0.870 e. The van der Waals surface area contributed by atoms with Crippen LogP contribution >= 0.6 is 34.8 Å². The van der Waals surface area contributed by atoms with Crippen LogP contribution in [0.4, 0.5) is 0 Å². The normalized spacial score (nSPS) is 9.72. The topological polar surface area (TPSA) is 32.3 Å². The predicted molar refractivity (Wildman–Crippen MR) is 67.4 cm³/mol. The Morgan fingerprint density at radius 1 is 0.833 bits per heavy atom. The van der Waals surface area contributed by atoms with Crippen molar-refractivity contribution in [3.8, 4) is 17.2 Å². The summed E-state index contributed by atoms with van der Waals surface area (Å²) in [6.45, 7) is 0. The Hall–Kier alpha value is 0.546. The molecule has 0 radical (unpaired) electrons. The van der Waals surface area contributed by atoms with Crippen molar-refractivity contribution in [1.82, 2.24) is 0 Å². The van der Waals surface area contributed by atoms with Crippen molar-refractivity contribution < 1.29 is 61.2 Å². The van der Waals surface area contributed by atoms with Gasteiger partial charge in [-0.1, -0.05) is 40.6 Å². The summed E-state index contributed by atoms with van der Waals surface area (Å²) in [5.74, 6) is 0.234. The first-order valence-electron chi connectivity index (χ1n) is 4.66. The Morgan fingerprint density at radius 3 is 1.94 bits per heavy atom. The molecule has 6 heteroatoms. The van der Waals surface area contributed by atoms with E-state index in [0.29, 0.717) is 20.8 Å². The zero-order valence-corrected chi connectivity index (χ0v) is 14.8. The van der Waals surface area contributed by atoms with E-state index in [0.717, 1.165) is 0 Å². The Bertz CT molecular complexity index is 512. The van der Waals surface area contributed by atoms with Crippen molar-refractivity contribution in [3.05, 3.63) is 51.5 Å². The van der Waals surface area contributed by atoms with E-state index in [4.69, 9.17) is 39.5 Å². The standard InChI is InChI=1S/C12H7Cl3O2.K/c13-7-1-3-11(9(15)5-7)17-12-4-2-8(14)6-10(12)16;/h1-6,16H;/q;+1/p-1. The molecule has 0 fully saturated rings. The molecule has 0 aliphatic rings. The summed E-state index contributed by atoms with van der Waals surface area (Å²) >= 11 is 17.4. The van der Waals surface area contributed by atoms with E-state index in [1.807, 2.05) is 0 Å². The number of hydrogen-bond acceptors (Lipinski definition) is 2. The molecule has 18 heavy (non-hydrogen) atoms. The average molecular weight is 328 g/mol. The van der Waals surface area contributed by atoms with E-state index >= 15 is 0 Å². The van der Waals surface area contributed by atoms with E-state index in [-0.39, 0.29) is 62.9 Å². The average Bonchev–Trinajstić information content (AvgIpc) is 2.25. The zero-order chi connectivity index (χ0) is 12.4. The van der Waals surface area contributed by atoms with Gasteiger partial charge in [0.2, 0.25) is 0 Å². The molecule has 0 unspecified atom stereocenters. The predicted octanol–water partition coefficient (Wildman–Crippen LogP) is 1.52. The molecule has 2 rings (SSSR count). The van der Waals surface area contributed by atoms with Gasteiger partial charge in [0.25, 0.3) is 0 Å². The Balaban J connectivity index is 0.00000162. The van der Waals surface area contributed by atoms with Crippen LogP contribution in [0.1, 0.15) is 0 Å². The van der Waals surface area contributed by atoms with Crippen molar-refractivity contribution in [1.29, 1.82) is 0 Å². The Labute approximate surface area is 162 Å². The zero-order valence-electron chi connectivity index (χ0n) is 9.41. The number of hydrogen-bond donors (Lipinski definition) is 0. The van der Waals surface area contributed by atoms with Crippen LogP contribution in [0.3, 0.4) is 0 Å². The molecule has 0 bridgehead atoms. The van der Waals surface area contributed by atoms with Gasteiger partial charge in [-0.05, 0) is 36.4 Å². The van der Waals surface area contributed by atoms with Crippen molar-refractivity contribution in [2.75, 3.05) is 0 Å². The van der Waals surface area contributed by atoms with Gasteiger partial charge < -0.3 is 9.84 Å². The van der Waals surface area contributed by atoms with Crippen LogP contribution in [0.5, 0.6) is 17.2 Å². The Kier molecular flexibility index (Phi) is 6.79. The summed E-state index contributed by atoms with van der Waals surface area (Å²) in [6, 6.07) is 9.11. The third kappa shape index (κ3) is 4.29. The third-order valence-corrected chi connectivity index (χ3v) is 2.79. The summed E-state index contributed by atoms with van der Waals surface area (Å²) in [4.78, 5) is 0. The fourth-order valence-corrected chi connectivity index (χ4v) is 1.85. The van der Waals surface area contributed by atoms with Crippen molar-refractivity contribution in [2.24, 2.45) is 0 Å². The molecule has 0 heterocycles. The fraction of sp³-hybridized carbons (Fsp3) is 0. The number of halogens is 3. The molecule has 0 spiro atoms. The molecular formula is C12H6Cl3KO2. The molecule has 2 aromatic rings. The van der Waals surface area contributed by atoms with Crippen LogP contribution in [0.25, 0.3) is 0 Å². The van der Waals surface area contributed by atoms with Crippen molar-refractivity contribution >= 4 is 34.8 Å². The summed E-state index contributed by atoms with van der Waals surface area (Å²) in [5.41, 5.74) is 0. The molecule has 0 aromatic heterocycles. The number of rotatable bonds is 2. The molecule has 0 aliphatic heterocycles. The van der Waals surface area contributed by atoms with Gasteiger partial charge in [0, 0.05) is 10.0 Å². The van der Waals surface area contributed by atoms with Gasteiger partial charge in [-0.3, -0.25) is 0 Å². The molecule has 0 saturated carbocycles. The van der Waals surface area contributed by atoms with E-state index in [1.165, 1.54) is 12.1 Å². The minimum atomic E-state index is -0.302. The molecule has 2 nitrogen and oxygen atoms in total. The van der Waals surface area contributed by atoms with E-state index in [2.05, 4.69) is 0 Å². The van der Waals surface area contributed by atoms with Gasteiger partial charge in [-0.25, -0.2) is 0 Å². The number of benzene rings is 2. The van der Waals surface area contributed by atoms with Crippen molar-refractivity contribution in [3.63, 3.8) is 0 Å². The maximum atomic E-state index is 11.5. The molecule has 0 amide bonds. The van der Waals surface area contributed by atoms with Crippen LogP contribution in [0, 0.1) is 0 Å². The first-order chi connectivity index (χ1) is 8.06. The van der Waals surface area contributed by atoms with Crippen LogP contribution in [0.2, 0.25) is 15.1 Å². The van der Waals surface area contributed by atoms with Crippen LogP contribution in [-0.4, -0.2) is 0 Å². The monoisotopic (exact) mass is 326 g/mol. The van der Waals surface area contributed by atoms with Gasteiger partial charge in [0.15, 0.2) is 0 Å². The van der Waals surface area contributed by atoms with Gasteiger partial charge in [0.05, 0.1) is 5.02 Å². The second-order valence-corrected chi connectivity index (χ2v) is 4.55. The van der Waals surface area contributed by atoms with Crippen molar-refractivity contribution in [2.45, 2.75) is 0 Å². The van der Waals surface area contributed by atoms with Gasteiger partial charge in [0.1, 0.15) is 11.5 Å².